The number of hydrogen-bond acceptors (Lipinski definition) is 4. The lowest BCUT2D eigenvalue weighted by atomic mass is 10.1. The molecule has 2 heterocycles. The average Bonchev–Trinajstić information content (AvgIpc) is 3.16. The standard InChI is InChI=1S/C19H24N4S/c1-6-8-17(22-9-13(3)4)19-23-18(12-24-19)16-11-21-14(5)15(16)10-20-7-2/h7,9-12,21H,2,6,8H2,1,3-5H3. The van der Waals surface area contributed by atoms with E-state index in [0.29, 0.717) is 0 Å². The number of nitrogens with zero attached hydrogens (tertiary/aromatic N) is 3. The van der Waals surface area contributed by atoms with E-state index >= 15 is 0 Å². The summed E-state index contributed by atoms with van der Waals surface area (Å²) >= 11 is 1.64. The highest BCUT2D eigenvalue weighted by atomic mass is 32.1. The maximum atomic E-state index is 4.81. The first-order valence-corrected chi connectivity index (χ1v) is 8.93. The van der Waals surface area contributed by atoms with Crippen LogP contribution in [0.25, 0.3) is 11.3 Å². The fraction of sp³-hybridized carbons (Fsp3) is 0.316. The minimum absolute atomic E-state index is 0.924. The Kier molecular flexibility index (Phi) is 6.44. The normalized spacial score (nSPS) is 11.9. The topological polar surface area (TPSA) is 53.4 Å². The number of aliphatic imine (C=N–C) groups is 2. The summed E-state index contributed by atoms with van der Waals surface area (Å²) in [6.07, 6.45) is 9.21. The minimum atomic E-state index is 0.924. The summed E-state index contributed by atoms with van der Waals surface area (Å²) in [7, 11) is 0. The third-order valence-electron chi connectivity index (χ3n) is 3.43. The van der Waals surface area contributed by atoms with Crippen LogP contribution in [0.3, 0.4) is 0 Å². The fourth-order valence-electron chi connectivity index (χ4n) is 2.24. The van der Waals surface area contributed by atoms with Gasteiger partial charge in [0.25, 0.3) is 0 Å². The first kappa shape index (κ1) is 18.1. The Morgan fingerprint density at radius 1 is 1.42 bits per heavy atom. The number of hydrogen-bond donors (Lipinski definition) is 1. The van der Waals surface area contributed by atoms with Crippen LogP contribution in [0.1, 0.15) is 49.9 Å². The van der Waals surface area contributed by atoms with Gasteiger partial charge in [-0.15, -0.1) is 11.3 Å². The highest BCUT2D eigenvalue weighted by molar-refractivity contribution is 7.12. The van der Waals surface area contributed by atoms with E-state index in [1.165, 1.54) is 11.8 Å². The molecule has 0 aliphatic heterocycles. The van der Waals surface area contributed by atoms with Crippen LogP contribution in [-0.2, 0) is 0 Å². The van der Waals surface area contributed by atoms with Gasteiger partial charge in [-0.1, -0.05) is 25.5 Å². The van der Waals surface area contributed by atoms with Crippen molar-refractivity contribution in [3.05, 3.63) is 52.4 Å². The first-order chi connectivity index (χ1) is 11.6. The van der Waals surface area contributed by atoms with Crippen LogP contribution in [0.4, 0.5) is 0 Å². The summed E-state index contributed by atoms with van der Waals surface area (Å²) in [4.78, 5) is 16.8. The molecule has 0 aliphatic carbocycles. The number of aryl methyl sites for hydroxylation is 1. The van der Waals surface area contributed by atoms with Crippen LogP contribution >= 0.6 is 11.3 Å². The third-order valence-corrected chi connectivity index (χ3v) is 4.32. The molecule has 0 amide bonds. The van der Waals surface area contributed by atoms with E-state index < -0.39 is 0 Å². The maximum absolute atomic E-state index is 4.81. The Bertz CT molecular complexity index is 786. The maximum Gasteiger partial charge on any atom is 0.138 e. The van der Waals surface area contributed by atoms with E-state index in [9.17, 15) is 0 Å². The van der Waals surface area contributed by atoms with Crippen LogP contribution < -0.4 is 0 Å². The molecule has 2 aromatic heterocycles. The van der Waals surface area contributed by atoms with E-state index in [2.05, 4.69) is 33.9 Å². The number of allylic oxidation sites excluding steroid dienone is 1. The summed E-state index contributed by atoms with van der Waals surface area (Å²) in [5.41, 5.74) is 6.35. The Morgan fingerprint density at radius 3 is 2.88 bits per heavy atom. The lowest BCUT2D eigenvalue weighted by Crippen LogP contribution is -1.99. The predicted molar refractivity (Wildman–Crippen MR) is 105 cm³/mol. The number of aromatic amines is 1. The van der Waals surface area contributed by atoms with E-state index in [1.54, 1.807) is 11.3 Å². The molecule has 2 aromatic rings. The fourth-order valence-corrected chi connectivity index (χ4v) is 3.09. The van der Waals surface area contributed by atoms with Gasteiger partial charge < -0.3 is 4.98 Å². The molecule has 2 rings (SSSR count). The Morgan fingerprint density at radius 2 is 2.21 bits per heavy atom. The molecule has 126 valence electrons. The molecule has 0 bridgehead atoms. The lowest BCUT2D eigenvalue weighted by molar-refractivity contribution is 0.989. The second-order valence-electron chi connectivity index (χ2n) is 5.77. The molecular weight excluding hydrogens is 316 g/mol. The third kappa shape index (κ3) is 4.38. The molecule has 0 radical (unpaired) electrons. The Labute approximate surface area is 147 Å². The van der Waals surface area contributed by atoms with Crippen LogP contribution in [0.5, 0.6) is 0 Å². The summed E-state index contributed by atoms with van der Waals surface area (Å²) in [5.74, 6) is 0. The number of aromatic nitrogens is 2. The van der Waals surface area contributed by atoms with Crippen molar-refractivity contribution in [2.24, 2.45) is 9.98 Å². The minimum Gasteiger partial charge on any atom is -0.364 e. The number of nitrogens with one attached hydrogen (secondary N) is 1. The van der Waals surface area contributed by atoms with Crippen LogP contribution in [0.2, 0.25) is 0 Å². The predicted octanol–water partition coefficient (Wildman–Crippen LogP) is 5.52. The molecule has 0 unspecified atom stereocenters. The monoisotopic (exact) mass is 340 g/mol. The Balaban J connectivity index is 2.40. The van der Waals surface area contributed by atoms with Gasteiger partial charge >= 0.3 is 0 Å². The van der Waals surface area contributed by atoms with Gasteiger partial charge in [-0.2, -0.15) is 0 Å². The zero-order valence-electron chi connectivity index (χ0n) is 14.8. The molecule has 0 spiro atoms. The van der Waals surface area contributed by atoms with Crippen molar-refractivity contribution < 1.29 is 0 Å². The molecular formula is C19H24N4S. The van der Waals surface area contributed by atoms with Gasteiger partial charge in [0.1, 0.15) is 5.01 Å². The summed E-state index contributed by atoms with van der Waals surface area (Å²) in [5, 5.41) is 3.06. The smallest absolute Gasteiger partial charge is 0.138 e. The van der Waals surface area contributed by atoms with Crippen LogP contribution in [0.15, 0.2) is 46.1 Å². The second-order valence-corrected chi connectivity index (χ2v) is 6.63. The largest absolute Gasteiger partial charge is 0.364 e. The number of thiazole rings is 1. The zero-order valence-corrected chi connectivity index (χ0v) is 15.6. The SMILES string of the molecule is C=CN=Cc1c(-c2csc(C(CCC)=NC=C(C)C)n2)c[nH]c1C. The van der Waals surface area contributed by atoms with Gasteiger partial charge in [0.2, 0.25) is 0 Å². The highest BCUT2D eigenvalue weighted by Gasteiger charge is 2.14. The second kappa shape index (κ2) is 8.55. The Hall–Kier alpha value is -2.27. The van der Waals surface area contributed by atoms with Gasteiger partial charge in [-0.25, -0.2) is 4.98 Å². The van der Waals surface area contributed by atoms with E-state index in [-0.39, 0.29) is 0 Å². The molecule has 24 heavy (non-hydrogen) atoms. The molecule has 0 aliphatic rings. The van der Waals surface area contributed by atoms with Crippen molar-refractivity contribution in [1.29, 1.82) is 0 Å². The van der Waals surface area contributed by atoms with Crippen LogP contribution in [0, 0.1) is 6.92 Å². The van der Waals surface area contributed by atoms with E-state index in [0.717, 1.165) is 46.1 Å². The molecule has 4 nitrogen and oxygen atoms in total. The molecule has 1 N–H and O–H groups in total. The lowest BCUT2D eigenvalue weighted by Gasteiger charge is -2.00. The van der Waals surface area contributed by atoms with Crippen molar-refractivity contribution in [3.8, 4) is 11.3 Å². The van der Waals surface area contributed by atoms with Gasteiger partial charge in [0, 0.05) is 47.0 Å². The van der Waals surface area contributed by atoms with Gasteiger partial charge in [0.15, 0.2) is 0 Å². The van der Waals surface area contributed by atoms with Crippen molar-refractivity contribution in [2.75, 3.05) is 0 Å². The molecule has 0 saturated carbocycles. The number of rotatable bonds is 7. The summed E-state index contributed by atoms with van der Waals surface area (Å²) in [6, 6.07) is 0. The number of H-pyrrole nitrogens is 1. The molecule has 0 atom stereocenters. The molecule has 5 heteroatoms. The quantitative estimate of drug-likeness (QED) is 0.663. The zero-order chi connectivity index (χ0) is 17.5. The van der Waals surface area contributed by atoms with E-state index in [4.69, 9.17) is 4.98 Å². The molecule has 0 fully saturated rings. The van der Waals surface area contributed by atoms with Crippen molar-refractivity contribution in [2.45, 2.75) is 40.5 Å². The molecule has 0 saturated heterocycles. The van der Waals surface area contributed by atoms with Gasteiger partial charge in [0.05, 0.1) is 11.4 Å². The van der Waals surface area contributed by atoms with Gasteiger partial charge in [-0.3, -0.25) is 9.98 Å². The van der Waals surface area contributed by atoms with Crippen LogP contribution in [-0.4, -0.2) is 21.9 Å². The van der Waals surface area contributed by atoms with Crippen molar-refractivity contribution in [3.63, 3.8) is 0 Å². The summed E-state index contributed by atoms with van der Waals surface area (Å²) in [6.45, 7) is 11.9. The molecule has 0 aromatic carbocycles. The van der Waals surface area contributed by atoms with Gasteiger partial charge in [-0.05, 0) is 27.2 Å². The first-order valence-electron chi connectivity index (χ1n) is 8.05. The van der Waals surface area contributed by atoms with E-state index in [1.807, 2.05) is 39.4 Å². The highest BCUT2D eigenvalue weighted by Crippen LogP contribution is 2.27. The van der Waals surface area contributed by atoms with Crippen molar-refractivity contribution in [1.82, 2.24) is 9.97 Å². The van der Waals surface area contributed by atoms with Crippen molar-refractivity contribution >= 4 is 23.3 Å². The summed E-state index contributed by atoms with van der Waals surface area (Å²) < 4.78 is 0. The average molecular weight is 340 g/mol.